The number of carboxylic acids is 1. The fourth-order valence-corrected chi connectivity index (χ4v) is 5.23. The number of halogens is 3. The molecular formula is C29H45F3N2O2S. The lowest BCUT2D eigenvalue weighted by Gasteiger charge is -2.33. The van der Waals surface area contributed by atoms with Gasteiger partial charge in [-0.25, -0.2) is 18.0 Å². The number of allylic oxidation sites excluding steroid dienone is 2. The van der Waals surface area contributed by atoms with Crippen molar-refractivity contribution in [2.75, 3.05) is 18.8 Å². The van der Waals surface area contributed by atoms with Gasteiger partial charge in [0.1, 0.15) is 11.2 Å². The number of hydrogen-bond acceptors (Lipinski definition) is 4. The number of hydrogen-bond donors (Lipinski definition) is 2. The molecule has 1 aromatic rings. The van der Waals surface area contributed by atoms with Crippen LogP contribution < -0.4 is 5.73 Å². The summed E-state index contributed by atoms with van der Waals surface area (Å²) in [5.41, 5.74) is 5.35. The largest absolute Gasteiger partial charge is 0.478 e. The number of thioether (sulfide) groups is 1. The van der Waals surface area contributed by atoms with Gasteiger partial charge in [0.2, 0.25) is 0 Å². The predicted octanol–water partition coefficient (Wildman–Crippen LogP) is 8.09. The number of nitrogens with two attached hydrogens (primary N) is 1. The van der Waals surface area contributed by atoms with Crippen molar-refractivity contribution in [1.82, 2.24) is 4.90 Å². The highest BCUT2D eigenvalue weighted by molar-refractivity contribution is 8.00. The standard InChI is InChI=1S/C19H22F3NO2S.C10H23N/c1-2-3-11-23-12-4-5-16(18(24)25)17(23)26-13-10-19(21,22)14-6-8-15(20)9-7-14;1-2-3-4-5-6-7-8-9-10-11/h4-9,12,17H,2-3,10-11,13H2,1H3,(H,24,25);2-11H2,1H3. The molecule has 0 saturated heterocycles. The van der Waals surface area contributed by atoms with Gasteiger partial charge in [0, 0.05) is 30.5 Å². The smallest absolute Gasteiger partial charge is 0.334 e. The van der Waals surface area contributed by atoms with Crippen LogP contribution in [0.5, 0.6) is 0 Å². The third kappa shape index (κ3) is 13.4. The minimum Gasteiger partial charge on any atom is -0.478 e. The van der Waals surface area contributed by atoms with Gasteiger partial charge >= 0.3 is 5.97 Å². The molecule has 8 heteroatoms. The van der Waals surface area contributed by atoms with E-state index in [2.05, 4.69) is 6.92 Å². The summed E-state index contributed by atoms with van der Waals surface area (Å²) in [5.74, 6) is -4.61. The average molecular weight is 543 g/mol. The van der Waals surface area contributed by atoms with Crippen molar-refractivity contribution >= 4 is 17.7 Å². The van der Waals surface area contributed by atoms with Gasteiger partial charge in [0.15, 0.2) is 0 Å². The highest BCUT2D eigenvalue weighted by Gasteiger charge is 2.33. The molecule has 1 aliphatic rings. The topological polar surface area (TPSA) is 66.6 Å². The zero-order valence-corrected chi connectivity index (χ0v) is 23.3. The molecule has 1 aromatic carbocycles. The highest BCUT2D eigenvalue weighted by atomic mass is 32.2. The van der Waals surface area contributed by atoms with Gasteiger partial charge < -0.3 is 15.7 Å². The molecule has 1 heterocycles. The van der Waals surface area contributed by atoms with E-state index in [1.54, 1.807) is 12.3 Å². The number of carbonyl (C=O) groups is 1. The lowest BCUT2D eigenvalue weighted by Crippen LogP contribution is -2.35. The maximum Gasteiger partial charge on any atom is 0.334 e. The minimum absolute atomic E-state index is 0.0795. The molecule has 0 aromatic heterocycles. The third-order valence-electron chi connectivity index (χ3n) is 6.15. The Morgan fingerprint density at radius 2 is 1.59 bits per heavy atom. The molecule has 0 bridgehead atoms. The quantitative estimate of drug-likeness (QED) is 0.195. The van der Waals surface area contributed by atoms with Crippen LogP contribution in [0.1, 0.15) is 90.0 Å². The third-order valence-corrected chi connectivity index (χ3v) is 7.43. The lowest BCUT2D eigenvalue weighted by molar-refractivity contribution is -0.133. The Kier molecular flexibility index (Phi) is 17.2. The Balaban J connectivity index is 0.000000525. The Morgan fingerprint density at radius 1 is 1.00 bits per heavy atom. The molecule has 4 nitrogen and oxygen atoms in total. The van der Waals surface area contributed by atoms with E-state index < -0.39 is 29.5 Å². The van der Waals surface area contributed by atoms with Crippen LogP contribution in [-0.4, -0.2) is 40.2 Å². The first kappa shape index (κ1) is 33.1. The molecule has 0 spiro atoms. The van der Waals surface area contributed by atoms with Gasteiger partial charge in [0.05, 0.1) is 5.57 Å². The van der Waals surface area contributed by atoms with Crippen LogP contribution in [0.15, 0.2) is 48.2 Å². The maximum atomic E-state index is 14.3. The number of unbranched alkanes of at least 4 members (excludes halogenated alkanes) is 8. The van der Waals surface area contributed by atoms with Gasteiger partial charge in [-0.15, -0.1) is 11.8 Å². The Morgan fingerprint density at radius 3 is 2.16 bits per heavy atom. The van der Waals surface area contributed by atoms with E-state index in [0.717, 1.165) is 43.7 Å². The van der Waals surface area contributed by atoms with Crippen molar-refractivity contribution in [3.05, 3.63) is 59.6 Å². The van der Waals surface area contributed by atoms with Crippen molar-refractivity contribution in [1.29, 1.82) is 0 Å². The number of alkyl halides is 2. The van der Waals surface area contributed by atoms with Crippen molar-refractivity contribution < 1.29 is 23.1 Å². The number of aliphatic carboxylic acids is 1. The zero-order chi connectivity index (χ0) is 27.5. The van der Waals surface area contributed by atoms with E-state index >= 15 is 0 Å². The van der Waals surface area contributed by atoms with E-state index in [4.69, 9.17) is 5.73 Å². The molecule has 0 radical (unpaired) electrons. The van der Waals surface area contributed by atoms with Crippen molar-refractivity contribution in [3.63, 3.8) is 0 Å². The van der Waals surface area contributed by atoms with Gasteiger partial charge in [-0.1, -0.05) is 77.3 Å². The van der Waals surface area contributed by atoms with Crippen LogP contribution in [0, 0.1) is 5.82 Å². The van der Waals surface area contributed by atoms with Gasteiger partial charge in [-0.2, -0.15) is 0 Å². The molecule has 210 valence electrons. The van der Waals surface area contributed by atoms with Crippen molar-refractivity contribution in [3.8, 4) is 0 Å². The molecule has 0 fully saturated rings. The highest BCUT2D eigenvalue weighted by Crippen LogP contribution is 2.35. The first-order valence-electron chi connectivity index (χ1n) is 13.6. The fourth-order valence-electron chi connectivity index (χ4n) is 3.91. The zero-order valence-electron chi connectivity index (χ0n) is 22.4. The summed E-state index contributed by atoms with van der Waals surface area (Å²) >= 11 is 1.19. The Hall–Kier alpha value is -1.93. The molecule has 1 aliphatic heterocycles. The fraction of sp³-hybridized carbons (Fsp3) is 0.621. The number of nitrogens with zero attached hydrogens (tertiary/aromatic N) is 1. The molecular weight excluding hydrogens is 497 g/mol. The van der Waals surface area contributed by atoms with Crippen LogP contribution >= 0.6 is 11.8 Å². The van der Waals surface area contributed by atoms with Crippen LogP contribution in [0.4, 0.5) is 13.2 Å². The summed E-state index contributed by atoms with van der Waals surface area (Å²) in [6.45, 7) is 5.83. The summed E-state index contributed by atoms with van der Waals surface area (Å²) in [5, 5.41) is 8.90. The van der Waals surface area contributed by atoms with E-state index in [1.807, 2.05) is 11.8 Å². The van der Waals surface area contributed by atoms with E-state index in [9.17, 15) is 23.1 Å². The monoisotopic (exact) mass is 542 g/mol. The Labute approximate surface area is 225 Å². The maximum absolute atomic E-state index is 14.3. The second-order valence-electron chi connectivity index (χ2n) is 9.31. The molecule has 2 rings (SSSR count). The lowest BCUT2D eigenvalue weighted by atomic mass is 10.1. The predicted molar refractivity (Wildman–Crippen MR) is 149 cm³/mol. The molecule has 1 atom stereocenters. The van der Waals surface area contributed by atoms with Gasteiger partial charge in [-0.3, -0.25) is 0 Å². The first-order chi connectivity index (χ1) is 17.8. The second kappa shape index (κ2) is 19.2. The van der Waals surface area contributed by atoms with Crippen LogP contribution in [-0.2, 0) is 10.7 Å². The molecule has 37 heavy (non-hydrogen) atoms. The minimum atomic E-state index is -3.09. The summed E-state index contributed by atoms with van der Waals surface area (Å²) in [6, 6.07) is 4.19. The van der Waals surface area contributed by atoms with Gasteiger partial charge in [0.25, 0.3) is 5.92 Å². The van der Waals surface area contributed by atoms with Crippen molar-refractivity contribution in [2.24, 2.45) is 5.73 Å². The van der Waals surface area contributed by atoms with Crippen LogP contribution in [0.3, 0.4) is 0 Å². The number of rotatable bonds is 17. The summed E-state index contributed by atoms with van der Waals surface area (Å²) in [4.78, 5) is 13.4. The molecule has 0 saturated carbocycles. The normalized spacial score (nSPS) is 15.2. The molecule has 0 aliphatic carbocycles. The van der Waals surface area contributed by atoms with Crippen molar-refractivity contribution in [2.45, 2.75) is 95.8 Å². The molecule has 0 amide bonds. The number of benzene rings is 1. The number of carboxylic acid groups (broad SMARTS) is 1. The van der Waals surface area contributed by atoms with E-state index in [0.29, 0.717) is 6.54 Å². The Bertz CT molecular complexity index is 808. The molecule has 3 N–H and O–H groups in total. The van der Waals surface area contributed by atoms with Crippen LogP contribution in [0.2, 0.25) is 0 Å². The summed E-state index contributed by atoms with van der Waals surface area (Å²) in [6.07, 6.45) is 17.4. The first-order valence-corrected chi connectivity index (χ1v) is 14.6. The van der Waals surface area contributed by atoms with E-state index in [-0.39, 0.29) is 16.9 Å². The summed E-state index contributed by atoms with van der Waals surface area (Å²) in [7, 11) is 0. The SMILES string of the molecule is CCCCCCCCCCN.CCCCN1C=CC=C(C(=O)O)C1SCCC(F)(F)c1ccc(F)cc1. The second-order valence-corrected chi connectivity index (χ2v) is 10.5. The van der Waals surface area contributed by atoms with E-state index in [1.165, 1.54) is 69.2 Å². The average Bonchev–Trinajstić information content (AvgIpc) is 2.88. The van der Waals surface area contributed by atoms with Crippen LogP contribution in [0.25, 0.3) is 0 Å². The molecule has 1 unspecified atom stereocenters. The van der Waals surface area contributed by atoms with Gasteiger partial charge in [-0.05, 0) is 43.7 Å². The summed E-state index contributed by atoms with van der Waals surface area (Å²) < 4.78 is 41.5.